The number of nitrogens with zero attached hydrogens (tertiary/aromatic N) is 5. The average molecular weight is 450 g/mol. The van der Waals surface area contributed by atoms with Crippen LogP contribution in [0, 0.1) is 13.8 Å². The quantitative estimate of drug-likeness (QED) is 0.340. The second kappa shape index (κ2) is 8.19. The molecule has 0 radical (unpaired) electrons. The monoisotopic (exact) mass is 449 g/mol. The third-order valence-electron chi connectivity index (χ3n) is 6.29. The summed E-state index contributed by atoms with van der Waals surface area (Å²) in [4.78, 5) is 1.97. The number of hydrogen-bond acceptors (Lipinski definition) is 6. The van der Waals surface area contributed by atoms with Crippen LogP contribution in [0.2, 0.25) is 0 Å². The van der Waals surface area contributed by atoms with E-state index in [1.54, 1.807) is 6.26 Å². The highest BCUT2D eigenvalue weighted by molar-refractivity contribution is 5.74. The molecule has 0 bridgehead atoms. The number of aromatic nitrogens is 4. The van der Waals surface area contributed by atoms with Crippen LogP contribution in [-0.4, -0.2) is 20.2 Å². The summed E-state index contributed by atoms with van der Waals surface area (Å²) in [5, 5.41) is 12.9. The van der Waals surface area contributed by atoms with Crippen molar-refractivity contribution in [1.82, 2.24) is 20.2 Å². The largest absolute Gasteiger partial charge is 0.472 e. The van der Waals surface area contributed by atoms with E-state index in [2.05, 4.69) is 57.9 Å². The van der Waals surface area contributed by atoms with Crippen LogP contribution in [0.1, 0.15) is 28.6 Å². The summed E-state index contributed by atoms with van der Waals surface area (Å²) in [6.45, 7) is 4.52. The summed E-state index contributed by atoms with van der Waals surface area (Å²) in [5.41, 5.74) is 8.18. The highest BCUT2D eigenvalue weighted by Gasteiger charge is 2.29. The summed E-state index contributed by atoms with van der Waals surface area (Å²) >= 11 is 0. The van der Waals surface area contributed by atoms with Gasteiger partial charge in [0.1, 0.15) is 11.8 Å². The van der Waals surface area contributed by atoms with Crippen LogP contribution in [0.4, 0.5) is 5.88 Å². The molecule has 0 N–H and O–H groups in total. The van der Waals surface area contributed by atoms with E-state index in [-0.39, 0.29) is 6.23 Å². The SMILES string of the molecule is Cc1noc(N2C=COC2c2ccc(-c3ccccc3)c(Cn3nnc4ccccc43)c2)c1C. The minimum Gasteiger partial charge on any atom is -0.472 e. The van der Waals surface area contributed by atoms with Crippen molar-refractivity contribution >= 4 is 16.9 Å². The van der Waals surface area contributed by atoms with Crippen molar-refractivity contribution in [3.8, 4) is 11.1 Å². The Morgan fingerprint density at radius 2 is 1.76 bits per heavy atom. The molecular formula is C27H23N5O2. The first-order valence-corrected chi connectivity index (χ1v) is 11.2. The smallest absolute Gasteiger partial charge is 0.237 e. The topological polar surface area (TPSA) is 69.2 Å². The standard InChI is InChI=1S/C27H23N5O2/c1-18-19(2)29-34-26(18)31-14-15-33-27(31)21-12-13-23(20-8-4-3-5-9-20)22(16-21)17-32-25-11-7-6-10-24(25)28-30-32/h3-16,27H,17H2,1-2H3. The Kier molecular flexibility index (Phi) is 4.87. The first-order chi connectivity index (χ1) is 16.7. The van der Waals surface area contributed by atoms with Crippen molar-refractivity contribution in [3.05, 3.63) is 108 Å². The van der Waals surface area contributed by atoms with E-state index in [9.17, 15) is 0 Å². The van der Waals surface area contributed by atoms with E-state index < -0.39 is 0 Å². The number of benzene rings is 3. The van der Waals surface area contributed by atoms with Crippen LogP contribution in [0.25, 0.3) is 22.2 Å². The number of rotatable bonds is 5. The number of hydrogen-bond donors (Lipinski definition) is 0. The van der Waals surface area contributed by atoms with E-state index >= 15 is 0 Å². The molecule has 0 fully saturated rings. The molecule has 0 aliphatic carbocycles. The van der Waals surface area contributed by atoms with Gasteiger partial charge in [0.15, 0.2) is 0 Å². The van der Waals surface area contributed by atoms with E-state index in [0.29, 0.717) is 12.4 Å². The van der Waals surface area contributed by atoms with Crippen LogP contribution >= 0.6 is 0 Å². The zero-order chi connectivity index (χ0) is 23.1. The molecule has 34 heavy (non-hydrogen) atoms. The fourth-order valence-corrected chi connectivity index (χ4v) is 4.37. The van der Waals surface area contributed by atoms with E-state index in [1.807, 2.05) is 60.0 Å². The van der Waals surface area contributed by atoms with Crippen molar-refractivity contribution in [1.29, 1.82) is 0 Å². The molecule has 5 aromatic rings. The Bertz CT molecular complexity index is 1500. The van der Waals surface area contributed by atoms with Gasteiger partial charge in [0.2, 0.25) is 12.1 Å². The highest BCUT2D eigenvalue weighted by atomic mass is 16.5. The number of fused-ring (bicyclic) bond motifs is 1. The molecule has 0 saturated heterocycles. The first-order valence-electron chi connectivity index (χ1n) is 11.2. The second-order valence-electron chi connectivity index (χ2n) is 8.40. The molecule has 3 heterocycles. The molecule has 0 spiro atoms. The van der Waals surface area contributed by atoms with Gasteiger partial charge >= 0.3 is 0 Å². The zero-order valence-corrected chi connectivity index (χ0v) is 18.9. The van der Waals surface area contributed by atoms with Gasteiger partial charge in [0.25, 0.3) is 0 Å². The van der Waals surface area contributed by atoms with Crippen LogP contribution in [0.3, 0.4) is 0 Å². The van der Waals surface area contributed by atoms with Gasteiger partial charge in [-0.25, -0.2) is 4.68 Å². The van der Waals surface area contributed by atoms with Crippen LogP contribution in [0.15, 0.2) is 89.8 Å². The van der Waals surface area contributed by atoms with Gasteiger partial charge in [-0.2, -0.15) is 0 Å². The fraction of sp³-hybridized carbons (Fsp3) is 0.148. The van der Waals surface area contributed by atoms with Crippen molar-refractivity contribution in [2.24, 2.45) is 0 Å². The van der Waals surface area contributed by atoms with Gasteiger partial charge in [-0.05, 0) is 48.7 Å². The van der Waals surface area contributed by atoms with Crippen LogP contribution < -0.4 is 4.90 Å². The van der Waals surface area contributed by atoms with Gasteiger partial charge in [-0.3, -0.25) is 4.90 Å². The number of para-hydroxylation sites is 1. The Labute approximate surface area is 196 Å². The molecular weight excluding hydrogens is 426 g/mol. The van der Waals surface area contributed by atoms with Crippen molar-refractivity contribution in [2.75, 3.05) is 4.90 Å². The number of aryl methyl sites for hydroxylation is 1. The molecule has 0 saturated carbocycles. The fourth-order valence-electron chi connectivity index (χ4n) is 4.37. The summed E-state index contributed by atoms with van der Waals surface area (Å²) in [6.07, 6.45) is 3.23. The van der Waals surface area contributed by atoms with Gasteiger partial charge in [0, 0.05) is 17.3 Å². The Hall–Kier alpha value is -4.39. The minimum absolute atomic E-state index is 0.345. The summed E-state index contributed by atoms with van der Waals surface area (Å²) in [5.74, 6) is 0.687. The molecule has 7 nitrogen and oxygen atoms in total. The van der Waals surface area contributed by atoms with Gasteiger partial charge < -0.3 is 9.26 Å². The lowest BCUT2D eigenvalue weighted by molar-refractivity contribution is 0.169. The van der Waals surface area contributed by atoms with Gasteiger partial charge in [-0.1, -0.05) is 65.0 Å². The molecule has 2 aromatic heterocycles. The lowest BCUT2D eigenvalue weighted by atomic mass is 9.96. The highest BCUT2D eigenvalue weighted by Crippen LogP contribution is 2.37. The van der Waals surface area contributed by atoms with Crippen molar-refractivity contribution in [2.45, 2.75) is 26.6 Å². The molecule has 1 unspecified atom stereocenters. The lowest BCUT2D eigenvalue weighted by Gasteiger charge is -2.23. The molecule has 1 aliphatic heterocycles. The van der Waals surface area contributed by atoms with Crippen molar-refractivity contribution in [3.63, 3.8) is 0 Å². The van der Waals surface area contributed by atoms with Crippen molar-refractivity contribution < 1.29 is 9.26 Å². The summed E-state index contributed by atoms with van der Waals surface area (Å²) < 4.78 is 13.5. The Morgan fingerprint density at radius 1 is 0.941 bits per heavy atom. The first kappa shape index (κ1) is 20.2. The summed E-state index contributed by atoms with van der Waals surface area (Å²) in [6, 6.07) is 24.8. The normalized spacial score (nSPS) is 15.2. The number of ether oxygens (including phenoxy) is 1. The van der Waals surface area contributed by atoms with E-state index in [4.69, 9.17) is 9.26 Å². The van der Waals surface area contributed by atoms with Crippen LogP contribution in [0.5, 0.6) is 0 Å². The maximum absolute atomic E-state index is 6.00. The average Bonchev–Trinajstić information content (AvgIpc) is 3.60. The maximum Gasteiger partial charge on any atom is 0.237 e. The van der Waals surface area contributed by atoms with E-state index in [0.717, 1.165) is 44.5 Å². The molecule has 1 aliphatic rings. The molecule has 6 rings (SSSR count). The molecule has 3 aromatic carbocycles. The third kappa shape index (κ3) is 3.42. The van der Waals surface area contributed by atoms with E-state index in [1.165, 1.54) is 0 Å². The van der Waals surface area contributed by atoms with Crippen LogP contribution in [-0.2, 0) is 11.3 Å². The lowest BCUT2D eigenvalue weighted by Crippen LogP contribution is -2.20. The molecule has 1 atom stereocenters. The Balaban J connectivity index is 1.43. The summed E-state index contributed by atoms with van der Waals surface area (Å²) in [7, 11) is 0. The molecule has 7 heteroatoms. The number of anilines is 1. The Morgan fingerprint density at radius 3 is 2.59 bits per heavy atom. The predicted octanol–water partition coefficient (Wildman–Crippen LogP) is 5.76. The zero-order valence-electron chi connectivity index (χ0n) is 18.9. The maximum atomic E-state index is 6.00. The van der Waals surface area contributed by atoms with Gasteiger partial charge in [0.05, 0.1) is 17.8 Å². The third-order valence-corrected chi connectivity index (χ3v) is 6.29. The molecule has 0 amide bonds. The minimum atomic E-state index is -0.345. The second-order valence-corrected chi connectivity index (χ2v) is 8.40. The predicted molar refractivity (Wildman–Crippen MR) is 130 cm³/mol. The van der Waals surface area contributed by atoms with Gasteiger partial charge in [-0.15, -0.1) is 5.10 Å². The molecule has 168 valence electrons.